The summed E-state index contributed by atoms with van der Waals surface area (Å²) in [6.07, 6.45) is 7.91. The van der Waals surface area contributed by atoms with Crippen molar-refractivity contribution in [1.29, 1.82) is 0 Å². The number of nitrogens with zero attached hydrogens (tertiary/aromatic N) is 4. The molecule has 0 amide bonds. The summed E-state index contributed by atoms with van der Waals surface area (Å²) in [5, 5.41) is 5.33. The number of hydrogen-bond donors (Lipinski definition) is 0. The van der Waals surface area contributed by atoms with E-state index in [4.69, 9.17) is 16.6 Å². The molecule has 6 heteroatoms. The van der Waals surface area contributed by atoms with Crippen LogP contribution in [0.15, 0.2) is 70.0 Å². The molecule has 4 rings (SSSR count). The summed E-state index contributed by atoms with van der Waals surface area (Å²) in [4.78, 5) is 9.00. The molecule has 27 heavy (non-hydrogen) atoms. The average molecular weight is 442 g/mol. The van der Waals surface area contributed by atoms with Crippen molar-refractivity contribution in [3.63, 3.8) is 0 Å². The van der Waals surface area contributed by atoms with Crippen LogP contribution in [0.4, 0.5) is 0 Å². The zero-order chi connectivity index (χ0) is 18.6. The lowest BCUT2D eigenvalue weighted by atomic mass is 9.96. The molecule has 3 heterocycles. The molecule has 1 aromatic carbocycles. The van der Waals surface area contributed by atoms with Crippen molar-refractivity contribution in [3.8, 4) is 0 Å². The van der Waals surface area contributed by atoms with Gasteiger partial charge in [0, 0.05) is 29.5 Å². The Bertz CT molecular complexity index is 991. The van der Waals surface area contributed by atoms with E-state index in [-0.39, 0.29) is 0 Å². The van der Waals surface area contributed by atoms with E-state index in [2.05, 4.69) is 38.2 Å². The number of aromatic nitrogens is 3. The van der Waals surface area contributed by atoms with Crippen molar-refractivity contribution < 1.29 is 0 Å². The van der Waals surface area contributed by atoms with Gasteiger partial charge in [0.25, 0.3) is 0 Å². The first kappa shape index (κ1) is 18.1. The summed E-state index contributed by atoms with van der Waals surface area (Å²) in [5.41, 5.74) is 5.51. The zero-order valence-corrected chi connectivity index (χ0v) is 17.0. The van der Waals surface area contributed by atoms with Gasteiger partial charge in [0.15, 0.2) is 0 Å². The van der Waals surface area contributed by atoms with Gasteiger partial charge in [0.2, 0.25) is 0 Å². The largest absolute Gasteiger partial charge is 0.284 e. The lowest BCUT2D eigenvalue weighted by molar-refractivity contribution is 0.675. The maximum Gasteiger partial charge on any atom is 0.128 e. The van der Waals surface area contributed by atoms with Gasteiger partial charge in [-0.3, -0.25) is 14.7 Å². The predicted octanol–water partition coefficient (Wildman–Crippen LogP) is 5.41. The second kappa shape index (κ2) is 8.19. The second-order valence-corrected chi connectivity index (χ2v) is 7.67. The van der Waals surface area contributed by atoms with Crippen LogP contribution in [-0.2, 0) is 6.54 Å². The smallest absolute Gasteiger partial charge is 0.128 e. The molecule has 3 aromatic rings. The molecule has 0 atom stereocenters. The Morgan fingerprint density at radius 1 is 1.19 bits per heavy atom. The predicted molar refractivity (Wildman–Crippen MR) is 113 cm³/mol. The van der Waals surface area contributed by atoms with E-state index < -0.39 is 0 Å². The van der Waals surface area contributed by atoms with Crippen molar-refractivity contribution >= 4 is 39.3 Å². The molecular formula is C21H18BrClN4. The lowest BCUT2D eigenvalue weighted by Crippen LogP contribution is -2.12. The van der Waals surface area contributed by atoms with Crippen LogP contribution in [0.2, 0.25) is 5.02 Å². The molecule has 1 aliphatic rings. The Morgan fingerprint density at radius 3 is 2.81 bits per heavy atom. The molecule has 136 valence electrons. The highest BCUT2D eigenvalue weighted by Crippen LogP contribution is 2.24. The Labute approximate surface area is 171 Å². The Kier molecular flexibility index (Phi) is 5.50. The van der Waals surface area contributed by atoms with Crippen molar-refractivity contribution in [1.82, 2.24) is 14.8 Å². The molecule has 0 saturated heterocycles. The molecular weight excluding hydrogens is 424 g/mol. The first-order chi connectivity index (χ1) is 13.2. The summed E-state index contributed by atoms with van der Waals surface area (Å²) in [6, 6.07) is 13.9. The third kappa shape index (κ3) is 4.37. The van der Waals surface area contributed by atoms with Gasteiger partial charge < -0.3 is 0 Å². The van der Waals surface area contributed by atoms with Crippen LogP contribution in [0.25, 0.3) is 6.08 Å². The van der Waals surface area contributed by atoms with Crippen LogP contribution in [0.3, 0.4) is 0 Å². The van der Waals surface area contributed by atoms with E-state index in [1.807, 2.05) is 47.3 Å². The zero-order valence-electron chi connectivity index (χ0n) is 14.6. The van der Waals surface area contributed by atoms with Gasteiger partial charge in [-0.2, -0.15) is 5.10 Å². The highest BCUT2D eigenvalue weighted by molar-refractivity contribution is 9.10. The van der Waals surface area contributed by atoms with Gasteiger partial charge in [0.1, 0.15) is 4.60 Å². The standard InChI is InChI=1S/C21H18BrClN4/c22-20-12-19(27(26-20)14-15-5-7-18(23)8-6-15)11-16-3-2-10-25-21(16)17-4-1-9-24-13-17/h1,4-9,11-13H,2-3,10,14H2/b16-11+. The van der Waals surface area contributed by atoms with Gasteiger partial charge >= 0.3 is 0 Å². The second-order valence-electron chi connectivity index (χ2n) is 6.42. The third-order valence-corrected chi connectivity index (χ3v) is 5.10. The van der Waals surface area contributed by atoms with Crippen LogP contribution in [-0.4, -0.2) is 27.0 Å². The van der Waals surface area contributed by atoms with E-state index >= 15 is 0 Å². The topological polar surface area (TPSA) is 43.1 Å². The highest BCUT2D eigenvalue weighted by atomic mass is 79.9. The monoisotopic (exact) mass is 440 g/mol. The van der Waals surface area contributed by atoms with Gasteiger partial charge in [-0.15, -0.1) is 0 Å². The molecule has 0 radical (unpaired) electrons. The number of pyridine rings is 1. The maximum absolute atomic E-state index is 6.00. The van der Waals surface area contributed by atoms with Crippen LogP contribution in [0, 0.1) is 0 Å². The minimum absolute atomic E-state index is 0.682. The third-order valence-electron chi connectivity index (χ3n) is 4.46. The van der Waals surface area contributed by atoms with E-state index in [0.717, 1.165) is 51.5 Å². The molecule has 1 aliphatic heterocycles. The molecule has 0 saturated carbocycles. The number of hydrogen-bond acceptors (Lipinski definition) is 3. The molecule has 4 nitrogen and oxygen atoms in total. The van der Waals surface area contributed by atoms with Crippen molar-refractivity contribution in [2.75, 3.05) is 6.54 Å². The van der Waals surface area contributed by atoms with Crippen molar-refractivity contribution in [3.05, 3.63) is 86.9 Å². The Hall–Kier alpha value is -2.24. The molecule has 0 unspecified atom stereocenters. The van der Waals surface area contributed by atoms with E-state index in [1.165, 1.54) is 5.57 Å². The van der Waals surface area contributed by atoms with Gasteiger partial charge in [-0.25, -0.2) is 0 Å². The molecule has 0 fully saturated rings. The summed E-state index contributed by atoms with van der Waals surface area (Å²) < 4.78 is 2.81. The number of aliphatic imine (C=N–C) groups is 1. The van der Waals surface area contributed by atoms with Crippen LogP contribution < -0.4 is 0 Å². The maximum atomic E-state index is 6.00. The van der Waals surface area contributed by atoms with E-state index in [9.17, 15) is 0 Å². The first-order valence-electron chi connectivity index (χ1n) is 8.82. The summed E-state index contributed by atoms with van der Waals surface area (Å²) in [5.74, 6) is 0. The fraction of sp³-hybridized carbons (Fsp3) is 0.190. The normalized spacial score (nSPS) is 15.8. The minimum atomic E-state index is 0.682. The number of benzene rings is 1. The van der Waals surface area contributed by atoms with Crippen LogP contribution in [0.1, 0.15) is 29.7 Å². The molecule has 0 aliphatic carbocycles. The summed E-state index contributed by atoms with van der Waals surface area (Å²) >= 11 is 9.51. The fourth-order valence-electron chi connectivity index (χ4n) is 3.18. The van der Waals surface area contributed by atoms with Gasteiger partial charge in [-0.1, -0.05) is 23.7 Å². The van der Waals surface area contributed by atoms with Crippen molar-refractivity contribution in [2.45, 2.75) is 19.4 Å². The molecule has 0 N–H and O–H groups in total. The Balaban J connectivity index is 1.67. The minimum Gasteiger partial charge on any atom is -0.284 e. The van der Waals surface area contributed by atoms with E-state index in [0.29, 0.717) is 6.54 Å². The Morgan fingerprint density at radius 2 is 2.04 bits per heavy atom. The number of halogens is 2. The molecule has 2 aromatic heterocycles. The quantitative estimate of drug-likeness (QED) is 0.543. The van der Waals surface area contributed by atoms with Gasteiger partial charge in [-0.05, 0) is 76.3 Å². The van der Waals surface area contributed by atoms with E-state index in [1.54, 1.807) is 6.20 Å². The molecule has 0 bridgehead atoms. The summed E-state index contributed by atoms with van der Waals surface area (Å²) in [6.45, 7) is 1.54. The number of allylic oxidation sites excluding steroid dienone is 1. The highest BCUT2D eigenvalue weighted by Gasteiger charge is 2.16. The summed E-state index contributed by atoms with van der Waals surface area (Å²) in [7, 11) is 0. The number of rotatable bonds is 4. The van der Waals surface area contributed by atoms with Crippen molar-refractivity contribution in [2.24, 2.45) is 4.99 Å². The van der Waals surface area contributed by atoms with Crippen LogP contribution in [0.5, 0.6) is 0 Å². The SMILES string of the molecule is Clc1ccc(Cn2nc(Br)cc2/C=C2\CCCN=C2c2cccnc2)cc1. The van der Waals surface area contributed by atoms with Crippen LogP contribution >= 0.6 is 27.5 Å². The van der Waals surface area contributed by atoms with Gasteiger partial charge in [0.05, 0.1) is 18.0 Å². The first-order valence-corrected chi connectivity index (χ1v) is 10.00. The molecule has 0 spiro atoms. The fourth-order valence-corrected chi connectivity index (χ4v) is 3.73. The average Bonchev–Trinajstić information content (AvgIpc) is 3.03. The lowest BCUT2D eigenvalue weighted by Gasteiger charge is -2.16.